The van der Waals surface area contributed by atoms with E-state index in [2.05, 4.69) is 46.3 Å². The first-order valence-corrected chi connectivity index (χ1v) is 7.59. The zero-order valence-corrected chi connectivity index (χ0v) is 12.3. The Morgan fingerprint density at radius 1 is 1.05 bits per heavy atom. The van der Waals surface area contributed by atoms with Crippen LogP contribution in [0.3, 0.4) is 0 Å². The fraction of sp³-hybridized carbons (Fsp3) is 0.353. The molecule has 3 rings (SSSR count). The van der Waals surface area contributed by atoms with Crippen LogP contribution in [0.5, 0.6) is 0 Å². The molecule has 0 radical (unpaired) electrons. The second-order valence-electron chi connectivity index (χ2n) is 5.46. The fourth-order valence-corrected chi connectivity index (χ4v) is 3.01. The fourth-order valence-electron chi connectivity index (χ4n) is 2.90. The van der Waals surface area contributed by atoms with Crippen LogP contribution in [0.25, 0.3) is 0 Å². The number of aromatic nitrogens is 1. The smallest absolute Gasteiger partial charge is 0.129 e. The molecule has 104 valence electrons. The summed E-state index contributed by atoms with van der Waals surface area (Å²) in [4.78, 5) is 6.57. The van der Waals surface area contributed by atoms with Gasteiger partial charge in [-0.1, -0.05) is 41.9 Å². The van der Waals surface area contributed by atoms with E-state index < -0.39 is 0 Å². The van der Waals surface area contributed by atoms with Gasteiger partial charge in [0.05, 0.1) is 11.9 Å². The van der Waals surface area contributed by atoms with Gasteiger partial charge in [0, 0.05) is 13.1 Å². The maximum Gasteiger partial charge on any atom is 0.129 e. The Labute approximate surface area is 125 Å². The zero-order chi connectivity index (χ0) is 13.8. The Kier molecular flexibility index (Phi) is 4.22. The van der Waals surface area contributed by atoms with Gasteiger partial charge in [0.1, 0.15) is 5.15 Å². The van der Waals surface area contributed by atoms with Gasteiger partial charge < -0.3 is 4.90 Å². The molecule has 0 N–H and O–H groups in total. The van der Waals surface area contributed by atoms with Gasteiger partial charge in [-0.05, 0) is 42.9 Å². The summed E-state index contributed by atoms with van der Waals surface area (Å²) in [5, 5.41) is 0.563. The molecule has 0 saturated carbocycles. The summed E-state index contributed by atoms with van der Waals surface area (Å²) >= 11 is 5.83. The van der Waals surface area contributed by atoms with Gasteiger partial charge in [-0.3, -0.25) is 0 Å². The Hall–Kier alpha value is -1.54. The highest BCUT2D eigenvalue weighted by Gasteiger charge is 2.19. The largest absolute Gasteiger partial charge is 0.370 e. The van der Waals surface area contributed by atoms with Crippen molar-refractivity contribution in [3.05, 3.63) is 59.4 Å². The monoisotopic (exact) mass is 286 g/mol. The van der Waals surface area contributed by atoms with E-state index in [4.69, 9.17) is 11.6 Å². The first-order chi connectivity index (χ1) is 9.81. The number of benzene rings is 1. The Balaban J connectivity index is 1.55. The lowest BCUT2D eigenvalue weighted by atomic mass is 9.90. The summed E-state index contributed by atoms with van der Waals surface area (Å²) < 4.78 is 0. The third-order valence-corrected chi connectivity index (χ3v) is 4.28. The molecule has 1 aliphatic heterocycles. The van der Waals surface area contributed by atoms with E-state index in [1.54, 1.807) is 0 Å². The van der Waals surface area contributed by atoms with E-state index in [9.17, 15) is 0 Å². The molecule has 0 aliphatic carbocycles. The highest BCUT2D eigenvalue weighted by atomic mass is 35.5. The predicted molar refractivity (Wildman–Crippen MR) is 84.3 cm³/mol. The van der Waals surface area contributed by atoms with Crippen LogP contribution in [-0.2, 0) is 6.42 Å². The van der Waals surface area contributed by atoms with Crippen LogP contribution in [0.2, 0.25) is 5.15 Å². The standard InChI is InChI=1S/C17H19ClN2/c18-17-7-6-16(13-19-17)20-10-8-15(9-11-20)12-14-4-2-1-3-5-14/h1-7,13,15H,8-12H2. The van der Waals surface area contributed by atoms with Crippen molar-refractivity contribution in [1.82, 2.24) is 4.98 Å². The number of piperidine rings is 1. The average molecular weight is 287 g/mol. The Bertz CT molecular complexity index is 531. The summed E-state index contributed by atoms with van der Waals surface area (Å²) in [6.45, 7) is 2.22. The summed E-state index contributed by atoms with van der Waals surface area (Å²) in [5.74, 6) is 0.800. The molecular formula is C17H19ClN2. The predicted octanol–water partition coefficient (Wildman–Crippen LogP) is 4.19. The molecule has 2 heterocycles. The van der Waals surface area contributed by atoms with Crippen LogP contribution in [0.4, 0.5) is 5.69 Å². The lowest BCUT2D eigenvalue weighted by Gasteiger charge is -2.33. The highest BCUT2D eigenvalue weighted by molar-refractivity contribution is 6.29. The van der Waals surface area contributed by atoms with Crippen molar-refractivity contribution < 1.29 is 0 Å². The van der Waals surface area contributed by atoms with Gasteiger partial charge in [0.2, 0.25) is 0 Å². The summed E-state index contributed by atoms with van der Waals surface area (Å²) in [7, 11) is 0. The zero-order valence-electron chi connectivity index (χ0n) is 11.5. The molecule has 1 aromatic heterocycles. The maximum absolute atomic E-state index is 5.83. The van der Waals surface area contributed by atoms with E-state index >= 15 is 0 Å². The number of nitrogens with zero attached hydrogens (tertiary/aromatic N) is 2. The van der Waals surface area contributed by atoms with Gasteiger partial charge in [-0.15, -0.1) is 0 Å². The first-order valence-electron chi connectivity index (χ1n) is 7.22. The van der Waals surface area contributed by atoms with Gasteiger partial charge >= 0.3 is 0 Å². The van der Waals surface area contributed by atoms with Crippen LogP contribution in [-0.4, -0.2) is 18.1 Å². The molecule has 1 aromatic carbocycles. The molecule has 1 fully saturated rings. The van der Waals surface area contributed by atoms with Crippen molar-refractivity contribution in [1.29, 1.82) is 0 Å². The Morgan fingerprint density at radius 2 is 1.80 bits per heavy atom. The summed E-state index contributed by atoms with van der Waals surface area (Å²) in [6.07, 6.45) is 5.57. The highest BCUT2D eigenvalue weighted by Crippen LogP contribution is 2.25. The molecule has 2 aromatic rings. The van der Waals surface area contributed by atoms with E-state index in [1.807, 2.05) is 12.3 Å². The third kappa shape index (κ3) is 3.31. The lowest BCUT2D eigenvalue weighted by molar-refractivity contribution is 0.403. The lowest BCUT2D eigenvalue weighted by Crippen LogP contribution is -2.34. The SMILES string of the molecule is Clc1ccc(N2CCC(Cc3ccccc3)CC2)cn1. The van der Waals surface area contributed by atoms with Crippen LogP contribution in [0.1, 0.15) is 18.4 Å². The van der Waals surface area contributed by atoms with Crippen molar-refractivity contribution in [3.63, 3.8) is 0 Å². The summed E-state index contributed by atoms with van der Waals surface area (Å²) in [6, 6.07) is 14.7. The third-order valence-electron chi connectivity index (χ3n) is 4.06. The van der Waals surface area contributed by atoms with Crippen LogP contribution in [0.15, 0.2) is 48.7 Å². The molecule has 0 unspecified atom stereocenters. The topological polar surface area (TPSA) is 16.1 Å². The van der Waals surface area contributed by atoms with Crippen molar-refractivity contribution in [2.75, 3.05) is 18.0 Å². The number of anilines is 1. The van der Waals surface area contributed by atoms with E-state index in [-0.39, 0.29) is 0 Å². The molecule has 0 amide bonds. The van der Waals surface area contributed by atoms with Crippen LogP contribution >= 0.6 is 11.6 Å². The second kappa shape index (κ2) is 6.27. The van der Waals surface area contributed by atoms with E-state index in [0.717, 1.165) is 19.0 Å². The minimum absolute atomic E-state index is 0.563. The minimum atomic E-state index is 0.563. The first kappa shape index (κ1) is 13.4. The molecular weight excluding hydrogens is 268 g/mol. The van der Waals surface area contributed by atoms with E-state index in [0.29, 0.717) is 5.15 Å². The second-order valence-corrected chi connectivity index (χ2v) is 5.85. The number of halogens is 1. The number of pyridine rings is 1. The van der Waals surface area contributed by atoms with Crippen molar-refractivity contribution in [3.8, 4) is 0 Å². The average Bonchev–Trinajstić information content (AvgIpc) is 2.50. The van der Waals surface area contributed by atoms with Crippen LogP contribution < -0.4 is 4.90 Å². The number of hydrogen-bond acceptors (Lipinski definition) is 2. The van der Waals surface area contributed by atoms with Crippen LogP contribution in [0, 0.1) is 5.92 Å². The molecule has 3 heteroatoms. The molecule has 1 aliphatic rings. The molecule has 20 heavy (non-hydrogen) atoms. The van der Waals surface area contributed by atoms with Crippen molar-refractivity contribution in [2.24, 2.45) is 5.92 Å². The quantitative estimate of drug-likeness (QED) is 0.787. The minimum Gasteiger partial charge on any atom is -0.370 e. The normalized spacial score (nSPS) is 16.4. The number of hydrogen-bond donors (Lipinski definition) is 0. The van der Waals surface area contributed by atoms with Gasteiger partial charge in [0.15, 0.2) is 0 Å². The maximum atomic E-state index is 5.83. The van der Waals surface area contributed by atoms with Gasteiger partial charge in [-0.25, -0.2) is 4.98 Å². The molecule has 0 atom stereocenters. The van der Waals surface area contributed by atoms with Crippen molar-refractivity contribution >= 4 is 17.3 Å². The van der Waals surface area contributed by atoms with Crippen molar-refractivity contribution in [2.45, 2.75) is 19.3 Å². The molecule has 1 saturated heterocycles. The van der Waals surface area contributed by atoms with E-state index in [1.165, 1.54) is 30.5 Å². The Morgan fingerprint density at radius 3 is 2.45 bits per heavy atom. The molecule has 0 spiro atoms. The van der Waals surface area contributed by atoms with Gasteiger partial charge in [0.25, 0.3) is 0 Å². The molecule has 2 nitrogen and oxygen atoms in total. The summed E-state index contributed by atoms with van der Waals surface area (Å²) in [5.41, 5.74) is 2.65. The number of rotatable bonds is 3. The van der Waals surface area contributed by atoms with Gasteiger partial charge in [-0.2, -0.15) is 0 Å². The molecule has 0 bridgehead atoms.